The second-order valence-corrected chi connectivity index (χ2v) is 4.50. The zero-order valence-corrected chi connectivity index (χ0v) is 10.2. The number of carboxylic acid groups (broad SMARTS) is 1. The van der Waals surface area contributed by atoms with E-state index in [4.69, 9.17) is 5.11 Å². The summed E-state index contributed by atoms with van der Waals surface area (Å²) in [5.41, 5.74) is 0.224. The van der Waals surface area contributed by atoms with Crippen molar-refractivity contribution in [3.05, 3.63) is 29.8 Å². The number of hydrogen-bond acceptors (Lipinski definition) is 3. The van der Waals surface area contributed by atoms with Crippen LogP contribution < -0.4 is 5.32 Å². The third-order valence-corrected chi connectivity index (χ3v) is 2.78. The van der Waals surface area contributed by atoms with Gasteiger partial charge in [-0.3, -0.25) is 9.59 Å². The summed E-state index contributed by atoms with van der Waals surface area (Å²) in [7, 11) is 0. The smallest absolute Gasteiger partial charge is 0.325 e. The molecule has 0 bridgehead atoms. The van der Waals surface area contributed by atoms with Crippen molar-refractivity contribution in [2.75, 3.05) is 0 Å². The molecule has 1 atom stereocenters. The topological polar surface area (TPSA) is 66.4 Å². The van der Waals surface area contributed by atoms with Gasteiger partial charge in [-0.1, -0.05) is 11.8 Å². The Morgan fingerprint density at radius 2 is 1.83 bits per heavy atom. The van der Waals surface area contributed by atoms with E-state index in [2.05, 4.69) is 5.32 Å². The number of rotatable bonds is 5. The summed E-state index contributed by atoms with van der Waals surface area (Å²) in [6.45, 7) is 1.33. The molecule has 1 aromatic rings. The van der Waals surface area contributed by atoms with Crippen LogP contribution in [0.2, 0.25) is 0 Å². The number of thioether (sulfide) groups is 1. The van der Waals surface area contributed by atoms with Crippen LogP contribution in [0.1, 0.15) is 17.3 Å². The molecule has 0 aliphatic heterocycles. The Morgan fingerprint density at radius 3 is 2.28 bits per heavy atom. The van der Waals surface area contributed by atoms with Gasteiger partial charge in [-0.25, -0.2) is 0 Å². The fourth-order valence-corrected chi connectivity index (χ4v) is 1.63. The van der Waals surface area contributed by atoms with Gasteiger partial charge in [0, 0.05) is 10.5 Å². The van der Waals surface area contributed by atoms with E-state index >= 15 is 0 Å². The summed E-state index contributed by atoms with van der Waals surface area (Å²) in [5.74, 6) is -4.22. The van der Waals surface area contributed by atoms with E-state index < -0.39 is 23.7 Å². The fraction of sp³-hybridized carbons (Fsp3) is 0.273. The Hall–Kier alpha value is -1.63. The van der Waals surface area contributed by atoms with E-state index in [0.29, 0.717) is 16.7 Å². The van der Waals surface area contributed by atoms with Gasteiger partial charge < -0.3 is 10.4 Å². The molecule has 4 nitrogen and oxygen atoms in total. The van der Waals surface area contributed by atoms with E-state index in [1.807, 2.05) is 0 Å². The van der Waals surface area contributed by atoms with Crippen molar-refractivity contribution < 1.29 is 23.5 Å². The average Bonchev–Trinajstić information content (AvgIpc) is 2.28. The Kier molecular flexibility index (Phi) is 5.08. The van der Waals surface area contributed by atoms with Crippen molar-refractivity contribution in [2.24, 2.45) is 0 Å². The molecule has 0 aliphatic carbocycles. The summed E-state index contributed by atoms with van der Waals surface area (Å²) >= 11 is 0.378. The lowest BCUT2D eigenvalue weighted by Crippen LogP contribution is -2.38. The molecule has 7 heteroatoms. The first-order valence-corrected chi connectivity index (χ1v) is 5.86. The predicted octanol–water partition coefficient (Wildman–Crippen LogP) is 2.20. The van der Waals surface area contributed by atoms with E-state index in [1.54, 1.807) is 0 Å². The zero-order valence-electron chi connectivity index (χ0n) is 9.39. The molecule has 0 heterocycles. The highest BCUT2D eigenvalue weighted by Gasteiger charge is 2.15. The van der Waals surface area contributed by atoms with E-state index in [1.165, 1.54) is 31.2 Å². The molecule has 0 unspecified atom stereocenters. The maximum Gasteiger partial charge on any atom is 0.325 e. The van der Waals surface area contributed by atoms with E-state index in [0.717, 1.165) is 0 Å². The standard InChI is InChI=1S/C11H11F2NO3S/c1-6(10(16)17)14-9(15)7-2-4-8(5-3-7)18-11(12)13/h2-6,11H,1H3,(H,14,15)(H,16,17)/t6-/m0/s1. The van der Waals surface area contributed by atoms with Crippen LogP contribution in [0, 0.1) is 0 Å². The molecular formula is C11H11F2NO3S. The third kappa shape index (κ3) is 4.33. The molecule has 1 aromatic carbocycles. The van der Waals surface area contributed by atoms with Crippen LogP contribution in [-0.2, 0) is 4.79 Å². The second kappa shape index (κ2) is 6.34. The minimum Gasteiger partial charge on any atom is -0.480 e. The minimum absolute atomic E-state index is 0.224. The minimum atomic E-state index is -2.52. The molecule has 0 saturated heterocycles. The lowest BCUT2D eigenvalue weighted by atomic mass is 10.2. The number of carboxylic acids is 1. The maximum atomic E-state index is 12.1. The van der Waals surface area contributed by atoms with Crippen LogP contribution in [-0.4, -0.2) is 28.8 Å². The van der Waals surface area contributed by atoms with Gasteiger partial charge in [-0.2, -0.15) is 8.78 Å². The monoisotopic (exact) mass is 275 g/mol. The number of carbonyl (C=O) groups is 2. The van der Waals surface area contributed by atoms with Gasteiger partial charge in [-0.05, 0) is 31.2 Å². The highest BCUT2D eigenvalue weighted by atomic mass is 32.2. The number of halogens is 2. The second-order valence-electron chi connectivity index (χ2n) is 3.44. The van der Waals surface area contributed by atoms with Crippen LogP contribution >= 0.6 is 11.8 Å². The fourth-order valence-electron chi connectivity index (χ4n) is 1.13. The third-order valence-electron chi connectivity index (χ3n) is 2.06. The summed E-state index contributed by atoms with van der Waals surface area (Å²) in [6.07, 6.45) is 0. The molecule has 18 heavy (non-hydrogen) atoms. The van der Waals surface area contributed by atoms with Crippen molar-refractivity contribution in [2.45, 2.75) is 23.6 Å². The van der Waals surface area contributed by atoms with Crippen LogP contribution in [0.3, 0.4) is 0 Å². The Morgan fingerprint density at radius 1 is 1.28 bits per heavy atom. The van der Waals surface area contributed by atoms with Gasteiger partial charge in [0.25, 0.3) is 11.7 Å². The number of amides is 1. The molecular weight excluding hydrogens is 264 g/mol. The van der Waals surface area contributed by atoms with E-state index in [-0.39, 0.29) is 5.56 Å². The SMILES string of the molecule is C[C@H](NC(=O)c1ccc(SC(F)F)cc1)C(=O)O. The first kappa shape index (κ1) is 14.4. The van der Waals surface area contributed by atoms with Crippen molar-refractivity contribution in [1.29, 1.82) is 0 Å². The van der Waals surface area contributed by atoms with Gasteiger partial charge in [0.2, 0.25) is 0 Å². The normalized spacial score (nSPS) is 12.2. The van der Waals surface area contributed by atoms with Crippen LogP contribution in [0.5, 0.6) is 0 Å². The van der Waals surface area contributed by atoms with Crippen LogP contribution in [0.25, 0.3) is 0 Å². The molecule has 2 N–H and O–H groups in total. The van der Waals surface area contributed by atoms with Crippen molar-refractivity contribution in [1.82, 2.24) is 5.32 Å². The number of hydrogen-bond donors (Lipinski definition) is 2. The molecule has 1 amide bonds. The molecule has 0 aliphatic rings. The number of benzene rings is 1. The summed E-state index contributed by atoms with van der Waals surface area (Å²) in [6, 6.07) is 4.50. The predicted molar refractivity (Wildman–Crippen MR) is 62.9 cm³/mol. The molecule has 0 fully saturated rings. The zero-order chi connectivity index (χ0) is 13.7. The van der Waals surface area contributed by atoms with Crippen molar-refractivity contribution in [3.63, 3.8) is 0 Å². The number of aliphatic carboxylic acids is 1. The van der Waals surface area contributed by atoms with Gasteiger partial charge in [0.05, 0.1) is 0 Å². The molecule has 0 aromatic heterocycles. The number of nitrogens with one attached hydrogen (secondary N) is 1. The van der Waals surface area contributed by atoms with Crippen LogP contribution in [0.15, 0.2) is 29.2 Å². The Bertz CT molecular complexity index is 436. The summed E-state index contributed by atoms with van der Waals surface area (Å²) in [5, 5.41) is 10.9. The number of carbonyl (C=O) groups excluding carboxylic acids is 1. The summed E-state index contributed by atoms with van der Waals surface area (Å²) < 4.78 is 24.1. The largest absolute Gasteiger partial charge is 0.480 e. The van der Waals surface area contributed by atoms with Gasteiger partial charge in [0.15, 0.2) is 0 Å². The molecule has 98 valence electrons. The molecule has 0 radical (unpaired) electrons. The van der Waals surface area contributed by atoms with Gasteiger partial charge in [-0.15, -0.1) is 0 Å². The highest BCUT2D eigenvalue weighted by Crippen LogP contribution is 2.25. The first-order chi connectivity index (χ1) is 8.40. The van der Waals surface area contributed by atoms with Crippen molar-refractivity contribution >= 4 is 23.6 Å². The summed E-state index contributed by atoms with van der Waals surface area (Å²) in [4.78, 5) is 22.4. The van der Waals surface area contributed by atoms with E-state index in [9.17, 15) is 18.4 Å². The van der Waals surface area contributed by atoms with Crippen LogP contribution in [0.4, 0.5) is 8.78 Å². The molecule has 0 saturated carbocycles. The quantitative estimate of drug-likeness (QED) is 0.808. The average molecular weight is 275 g/mol. The Labute approximate surface area is 106 Å². The lowest BCUT2D eigenvalue weighted by molar-refractivity contribution is -0.138. The molecule has 0 spiro atoms. The first-order valence-electron chi connectivity index (χ1n) is 4.98. The lowest BCUT2D eigenvalue weighted by Gasteiger charge is -2.09. The van der Waals surface area contributed by atoms with Crippen molar-refractivity contribution in [3.8, 4) is 0 Å². The van der Waals surface area contributed by atoms with Gasteiger partial charge in [0.1, 0.15) is 6.04 Å². The highest BCUT2D eigenvalue weighted by molar-refractivity contribution is 7.99. The maximum absolute atomic E-state index is 12.1. The van der Waals surface area contributed by atoms with Gasteiger partial charge >= 0.3 is 5.97 Å². The Balaban J connectivity index is 2.67. The molecule has 1 rings (SSSR count). The number of alkyl halides is 2.